The van der Waals surface area contributed by atoms with E-state index in [1.165, 1.54) is 23.5 Å². The molecule has 0 heterocycles. The van der Waals surface area contributed by atoms with Crippen LogP contribution in [-0.2, 0) is 0 Å². The predicted octanol–water partition coefficient (Wildman–Crippen LogP) is 6.60. The summed E-state index contributed by atoms with van der Waals surface area (Å²) in [7, 11) is 5.87. The molecule has 0 aliphatic heterocycles. The van der Waals surface area contributed by atoms with E-state index >= 15 is 0 Å². The fourth-order valence-electron chi connectivity index (χ4n) is 2.69. The number of hydrogen-bond acceptors (Lipinski definition) is 2. The zero-order valence-corrected chi connectivity index (χ0v) is 17.3. The van der Waals surface area contributed by atoms with Crippen LogP contribution in [0.4, 0.5) is 17.1 Å². The molecule has 0 aromatic heterocycles. The van der Waals surface area contributed by atoms with Crippen LogP contribution < -0.4 is 10.4 Å². The Morgan fingerprint density at radius 3 is 1.85 bits per heavy atom. The standard InChI is InChI=1S/C22H21BBrNS/c1-2-3-16-26-22-14-12-21(13-15-22)25(19-8-4-17(23)5-9-19)20-10-6-18(24)7-11-20/h4-15H,2-3,16H2,1H3. The maximum atomic E-state index is 5.87. The molecule has 0 saturated carbocycles. The molecule has 0 atom stereocenters. The maximum Gasteiger partial charge on any atom is 0.113 e. The van der Waals surface area contributed by atoms with E-state index < -0.39 is 0 Å². The lowest BCUT2D eigenvalue weighted by molar-refractivity contribution is 0.896. The summed E-state index contributed by atoms with van der Waals surface area (Å²) in [6, 6.07) is 25.1. The van der Waals surface area contributed by atoms with Gasteiger partial charge in [-0.25, -0.2) is 0 Å². The topological polar surface area (TPSA) is 3.24 Å². The molecule has 0 N–H and O–H groups in total. The summed E-state index contributed by atoms with van der Waals surface area (Å²) < 4.78 is 1.07. The van der Waals surface area contributed by atoms with E-state index in [1.54, 1.807) is 0 Å². The van der Waals surface area contributed by atoms with Crippen molar-refractivity contribution in [3.05, 3.63) is 77.3 Å². The van der Waals surface area contributed by atoms with Gasteiger partial charge in [0.2, 0.25) is 0 Å². The summed E-state index contributed by atoms with van der Waals surface area (Å²) in [4.78, 5) is 3.56. The van der Waals surface area contributed by atoms with Gasteiger partial charge in [-0.05, 0) is 72.8 Å². The third kappa shape index (κ3) is 4.96. The molecular formula is C22H21BBrNS. The molecule has 0 saturated heterocycles. The van der Waals surface area contributed by atoms with Crippen LogP contribution in [0.5, 0.6) is 0 Å². The van der Waals surface area contributed by atoms with Gasteiger partial charge in [0.25, 0.3) is 0 Å². The van der Waals surface area contributed by atoms with Gasteiger partial charge in [0.1, 0.15) is 7.85 Å². The fraction of sp³-hybridized carbons (Fsp3) is 0.182. The van der Waals surface area contributed by atoms with Gasteiger partial charge in [-0.15, -0.1) is 11.8 Å². The Morgan fingerprint density at radius 2 is 1.31 bits per heavy atom. The third-order valence-corrected chi connectivity index (χ3v) is 5.72. The van der Waals surface area contributed by atoms with Crippen molar-refractivity contribution in [3.8, 4) is 0 Å². The van der Waals surface area contributed by atoms with Crippen molar-refractivity contribution in [3.63, 3.8) is 0 Å². The summed E-state index contributed by atoms with van der Waals surface area (Å²) in [5.74, 6) is 1.17. The predicted molar refractivity (Wildman–Crippen MR) is 120 cm³/mol. The Hall–Kier alpha value is -1.65. The van der Waals surface area contributed by atoms with Crippen LogP contribution in [0.3, 0.4) is 0 Å². The second kappa shape index (κ2) is 9.34. The van der Waals surface area contributed by atoms with E-state index in [2.05, 4.69) is 88.4 Å². The molecule has 0 spiro atoms. The number of unbranched alkanes of at least 4 members (excludes halogenated alkanes) is 1. The van der Waals surface area contributed by atoms with Gasteiger partial charge in [-0.2, -0.15) is 0 Å². The zero-order chi connectivity index (χ0) is 18.4. The Kier molecular flexibility index (Phi) is 6.87. The van der Waals surface area contributed by atoms with Crippen LogP contribution in [0.15, 0.2) is 82.2 Å². The molecule has 0 bridgehead atoms. The minimum atomic E-state index is 0.771. The number of nitrogens with zero attached hydrogens (tertiary/aromatic N) is 1. The van der Waals surface area contributed by atoms with Gasteiger partial charge in [0.05, 0.1) is 0 Å². The number of thioether (sulfide) groups is 1. The van der Waals surface area contributed by atoms with Crippen LogP contribution in [0.25, 0.3) is 0 Å². The molecule has 3 aromatic rings. The Bertz CT molecular complexity index is 771. The van der Waals surface area contributed by atoms with Gasteiger partial charge in [-0.3, -0.25) is 0 Å². The molecule has 3 aromatic carbocycles. The van der Waals surface area contributed by atoms with Crippen LogP contribution in [0.1, 0.15) is 19.8 Å². The molecule has 0 amide bonds. The second-order valence-electron chi connectivity index (χ2n) is 6.10. The maximum absolute atomic E-state index is 5.87. The van der Waals surface area contributed by atoms with Crippen molar-refractivity contribution in [2.45, 2.75) is 24.7 Å². The first kappa shape index (κ1) is 19.1. The second-order valence-corrected chi connectivity index (χ2v) is 8.18. The highest BCUT2D eigenvalue weighted by Gasteiger charge is 2.12. The zero-order valence-electron chi connectivity index (χ0n) is 14.9. The lowest BCUT2D eigenvalue weighted by atomic mass is 9.96. The molecule has 0 aliphatic carbocycles. The number of rotatable bonds is 7. The van der Waals surface area contributed by atoms with Crippen LogP contribution >= 0.6 is 27.7 Å². The first-order chi connectivity index (χ1) is 12.7. The number of anilines is 3. The largest absolute Gasteiger partial charge is 0.311 e. The molecule has 130 valence electrons. The Balaban J connectivity index is 1.92. The first-order valence-electron chi connectivity index (χ1n) is 8.81. The molecule has 0 aliphatic rings. The van der Waals surface area contributed by atoms with E-state index in [0.717, 1.165) is 27.0 Å². The average molecular weight is 422 g/mol. The molecule has 4 heteroatoms. The van der Waals surface area contributed by atoms with Crippen molar-refractivity contribution in [1.29, 1.82) is 0 Å². The molecule has 26 heavy (non-hydrogen) atoms. The van der Waals surface area contributed by atoms with Crippen molar-refractivity contribution in [1.82, 2.24) is 0 Å². The van der Waals surface area contributed by atoms with E-state index in [1.807, 2.05) is 23.9 Å². The normalized spacial score (nSPS) is 10.7. The number of hydrogen-bond donors (Lipinski definition) is 0. The summed E-state index contributed by atoms with van der Waals surface area (Å²) in [5, 5.41) is 0. The van der Waals surface area contributed by atoms with Gasteiger partial charge in [0, 0.05) is 26.4 Å². The average Bonchev–Trinajstić information content (AvgIpc) is 2.66. The Labute approximate surface area is 170 Å². The summed E-state index contributed by atoms with van der Waals surface area (Å²) in [5.41, 5.74) is 4.11. The smallest absolute Gasteiger partial charge is 0.113 e. The van der Waals surface area contributed by atoms with Crippen molar-refractivity contribution < 1.29 is 0 Å². The van der Waals surface area contributed by atoms with Crippen LogP contribution in [0.2, 0.25) is 0 Å². The molecule has 2 radical (unpaired) electrons. The molecule has 1 nitrogen and oxygen atoms in total. The van der Waals surface area contributed by atoms with E-state index in [9.17, 15) is 0 Å². The third-order valence-electron chi connectivity index (χ3n) is 4.10. The quantitative estimate of drug-likeness (QED) is 0.240. The fourth-order valence-corrected chi connectivity index (χ4v) is 3.95. The Morgan fingerprint density at radius 1 is 0.808 bits per heavy atom. The molecular weight excluding hydrogens is 401 g/mol. The summed E-state index contributed by atoms with van der Waals surface area (Å²) in [6.07, 6.45) is 2.49. The van der Waals surface area contributed by atoms with Crippen LogP contribution in [-0.4, -0.2) is 13.6 Å². The van der Waals surface area contributed by atoms with E-state index in [0.29, 0.717) is 0 Å². The van der Waals surface area contributed by atoms with E-state index in [-0.39, 0.29) is 0 Å². The highest BCUT2D eigenvalue weighted by molar-refractivity contribution is 9.10. The van der Waals surface area contributed by atoms with Gasteiger partial charge in [-0.1, -0.05) is 46.9 Å². The summed E-state index contributed by atoms with van der Waals surface area (Å²) >= 11 is 5.44. The number of benzene rings is 3. The number of halogens is 1. The molecule has 0 unspecified atom stereocenters. The minimum Gasteiger partial charge on any atom is -0.311 e. The van der Waals surface area contributed by atoms with Crippen molar-refractivity contribution in [2.75, 3.05) is 10.7 Å². The monoisotopic (exact) mass is 421 g/mol. The first-order valence-corrected chi connectivity index (χ1v) is 10.6. The van der Waals surface area contributed by atoms with E-state index in [4.69, 9.17) is 7.85 Å². The van der Waals surface area contributed by atoms with Gasteiger partial charge >= 0.3 is 0 Å². The van der Waals surface area contributed by atoms with Gasteiger partial charge in [0.15, 0.2) is 0 Å². The lowest BCUT2D eigenvalue weighted by Crippen LogP contribution is -2.11. The highest BCUT2D eigenvalue weighted by Crippen LogP contribution is 2.35. The summed E-state index contributed by atoms with van der Waals surface area (Å²) in [6.45, 7) is 2.23. The van der Waals surface area contributed by atoms with Crippen molar-refractivity contribution in [2.24, 2.45) is 0 Å². The minimum absolute atomic E-state index is 0.771. The molecule has 3 rings (SSSR count). The lowest BCUT2D eigenvalue weighted by Gasteiger charge is -2.26. The van der Waals surface area contributed by atoms with Crippen LogP contribution in [0, 0.1) is 0 Å². The van der Waals surface area contributed by atoms with Crippen molar-refractivity contribution >= 4 is 58.1 Å². The van der Waals surface area contributed by atoms with Gasteiger partial charge < -0.3 is 4.90 Å². The molecule has 0 fully saturated rings. The highest BCUT2D eigenvalue weighted by atomic mass is 79.9. The SMILES string of the molecule is [B]c1ccc(N(c2ccc(Br)cc2)c2ccc(SCCCC)cc2)cc1.